The Hall–Kier alpha value is -7.41. The molecule has 0 saturated carbocycles. The van der Waals surface area contributed by atoms with Crippen LogP contribution in [0.2, 0.25) is 0 Å². The van der Waals surface area contributed by atoms with Gasteiger partial charge in [0.2, 0.25) is 0 Å². The largest absolute Gasteiger partial charge is 0.456 e. The Morgan fingerprint density at radius 2 is 0.947 bits per heavy atom. The van der Waals surface area contributed by atoms with Crippen LogP contribution < -0.4 is 0 Å². The molecule has 0 atom stereocenters. The third kappa shape index (κ3) is 5.12. The average molecular weight is 747 g/mol. The summed E-state index contributed by atoms with van der Waals surface area (Å²) in [6, 6.07) is 63.8. The predicted octanol–water partition coefficient (Wildman–Crippen LogP) is 13.9. The Morgan fingerprint density at radius 1 is 0.368 bits per heavy atom. The molecular weight excluding hydrogens is 717 g/mol. The van der Waals surface area contributed by atoms with Crippen molar-refractivity contribution in [3.05, 3.63) is 182 Å². The first-order valence-corrected chi connectivity index (χ1v) is 19.8. The number of fused-ring (bicyclic) bond motifs is 9. The third-order valence-electron chi connectivity index (χ3n) is 11.1. The summed E-state index contributed by atoms with van der Waals surface area (Å²) in [7, 11) is 0. The molecule has 0 aliphatic carbocycles. The highest BCUT2D eigenvalue weighted by atomic mass is 32.1. The van der Waals surface area contributed by atoms with Crippen LogP contribution >= 0.6 is 11.3 Å². The maximum absolute atomic E-state index is 6.62. The number of nitrogens with zero attached hydrogens (tertiary/aromatic N) is 4. The van der Waals surface area contributed by atoms with Crippen LogP contribution in [0.25, 0.3) is 115 Å². The van der Waals surface area contributed by atoms with Gasteiger partial charge >= 0.3 is 0 Å². The van der Waals surface area contributed by atoms with Gasteiger partial charge in [0.1, 0.15) is 11.2 Å². The fourth-order valence-electron chi connectivity index (χ4n) is 8.39. The van der Waals surface area contributed by atoms with E-state index in [2.05, 4.69) is 126 Å². The van der Waals surface area contributed by atoms with E-state index >= 15 is 0 Å². The minimum atomic E-state index is 0.656. The molecule has 0 N–H and O–H groups in total. The lowest BCUT2D eigenvalue weighted by Gasteiger charge is -2.09. The number of benzene rings is 8. The maximum atomic E-state index is 6.62. The zero-order valence-electron chi connectivity index (χ0n) is 30.4. The van der Waals surface area contributed by atoms with E-state index in [4.69, 9.17) is 19.4 Å². The second kappa shape index (κ2) is 12.6. The van der Waals surface area contributed by atoms with Crippen molar-refractivity contribution in [2.24, 2.45) is 0 Å². The molecule has 0 bridgehead atoms. The molecule has 6 heteroatoms. The Bertz CT molecular complexity index is 3420. The first-order chi connectivity index (χ1) is 28.2. The lowest BCUT2D eigenvalue weighted by molar-refractivity contribution is 0.669. The summed E-state index contributed by atoms with van der Waals surface area (Å²) >= 11 is 1.79. The van der Waals surface area contributed by atoms with E-state index < -0.39 is 0 Å². The molecule has 0 aliphatic rings. The fraction of sp³-hybridized carbons (Fsp3) is 0. The van der Waals surface area contributed by atoms with E-state index in [1.165, 1.54) is 42.0 Å². The van der Waals surface area contributed by atoms with Gasteiger partial charge in [0.25, 0.3) is 0 Å². The molecular formula is C51H30N4OS. The molecule has 0 fully saturated rings. The summed E-state index contributed by atoms with van der Waals surface area (Å²) in [6.45, 7) is 0. The quantitative estimate of drug-likeness (QED) is 0.176. The Morgan fingerprint density at radius 3 is 1.65 bits per heavy atom. The van der Waals surface area contributed by atoms with Gasteiger partial charge < -0.3 is 8.98 Å². The minimum absolute atomic E-state index is 0.656. The van der Waals surface area contributed by atoms with Crippen LogP contribution in [-0.2, 0) is 0 Å². The standard InChI is InChI=1S/C51H30N4OS/c1-3-12-31(13-4-1)49-52-50(32-14-5-2-6-15-32)54-51(53-49)35-23-25-38-40-28-33(24-27-46(40)57-47(38)30-35)34-22-26-39-45(29-34)56-44-21-11-20-43(48(39)44)55-41-18-9-7-16-36(41)37-17-8-10-19-42(37)55/h1-30H. The van der Waals surface area contributed by atoms with E-state index in [-0.39, 0.29) is 0 Å². The van der Waals surface area contributed by atoms with Crippen LogP contribution in [0, 0.1) is 0 Å². The first kappa shape index (κ1) is 31.9. The van der Waals surface area contributed by atoms with Gasteiger partial charge in [0.05, 0.1) is 22.1 Å². The number of aromatic nitrogens is 4. The summed E-state index contributed by atoms with van der Waals surface area (Å²) in [6.07, 6.45) is 0. The zero-order chi connectivity index (χ0) is 37.5. The van der Waals surface area contributed by atoms with Crippen molar-refractivity contribution >= 4 is 75.3 Å². The molecule has 0 amide bonds. The number of rotatable bonds is 5. The highest BCUT2D eigenvalue weighted by Gasteiger charge is 2.19. The zero-order valence-corrected chi connectivity index (χ0v) is 31.2. The monoisotopic (exact) mass is 746 g/mol. The number of hydrogen-bond donors (Lipinski definition) is 0. The first-order valence-electron chi connectivity index (χ1n) is 19.0. The highest BCUT2D eigenvalue weighted by Crippen LogP contribution is 2.42. The molecule has 57 heavy (non-hydrogen) atoms. The highest BCUT2D eigenvalue weighted by molar-refractivity contribution is 7.25. The van der Waals surface area contributed by atoms with Gasteiger partial charge in [-0.1, -0.05) is 127 Å². The van der Waals surface area contributed by atoms with Crippen molar-refractivity contribution in [1.29, 1.82) is 0 Å². The van der Waals surface area contributed by atoms with Gasteiger partial charge in [-0.05, 0) is 65.7 Å². The SMILES string of the molecule is c1ccc(-c2nc(-c3ccccc3)nc(-c3ccc4c(c3)sc3ccc(-c5ccc6c(c5)oc5cccc(-n7c8ccccc8c8ccccc87)c56)cc34)n2)cc1. The summed E-state index contributed by atoms with van der Waals surface area (Å²) in [5.74, 6) is 1.97. The van der Waals surface area contributed by atoms with E-state index in [9.17, 15) is 0 Å². The summed E-state index contributed by atoms with van der Waals surface area (Å²) < 4.78 is 11.4. The number of hydrogen-bond acceptors (Lipinski definition) is 5. The molecule has 266 valence electrons. The van der Waals surface area contributed by atoms with E-state index in [0.717, 1.165) is 55.4 Å². The lowest BCUT2D eigenvalue weighted by Crippen LogP contribution is -1.99. The minimum Gasteiger partial charge on any atom is -0.456 e. The Labute approximate surface area is 330 Å². The topological polar surface area (TPSA) is 56.7 Å². The van der Waals surface area contributed by atoms with Crippen molar-refractivity contribution in [1.82, 2.24) is 19.5 Å². The van der Waals surface area contributed by atoms with Crippen LogP contribution in [0.1, 0.15) is 0 Å². The normalized spacial score (nSPS) is 11.9. The summed E-state index contributed by atoms with van der Waals surface area (Å²) in [5, 5.41) is 7.14. The molecule has 12 aromatic rings. The smallest absolute Gasteiger partial charge is 0.164 e. The van der Waals surface area contributed by atoms with Crippen LogP contribution in [-0.4, -0.2) is 19.5 Å². The molecule has 12 rings (SSSR count). The van der Waals surface area contributed by atoms with E-state index in [1.54, 1.807) is 11.3 Å². The van der Waals surface area contributed by atoms with Gasteiger partial charge in [-0.2, -0.15) is 0 Å². The Kier molecular flexibility index (Phi) is 7.03. The molecule has 0 radical (unpaired) electrons. The lowest BCUT2D eigenvalue weighted by atomic mass is 10.0. The average Bonchev–Trinajstić information content (AvgIpc) is 3.95. The number of para-hydroxylation sites is 2. The van der Waals surface area contributed by atoms with Crippen LogP contribution in [0.5, 0.6) is 0 Å². The van der Waals surface area contributed by atoms with E-state index in [0.29, 0.717) is 17.5 Å². The van der Waals surface area contributed by atoms with Crippen LogP contribution in [0.15, 0.2) is 186 Å². The fourth-order valence-corrected chi connectivity index (χ4v) is 9.51. The number of thiophene rings is 1. The second-order valence-electron chi connectivity index (χ2n) is 14.4. The van der Waals surface area contributed by atoms with E-state index in [1.807, 2.05) is 60.7 Å². The second-order valence-corrected chi connectivity index (χ2v) is 15.5. The molecule has 0 aliphatic heterocycles. The van der Waals surface area contributed by atoms with Crippen LogP contribution in [0.3, 0.4) is 0 Å². The predicted molar refractivity (Wildman–Crippen MR) is 236 cm³/mol. The van der Waals surface area contributed by atoms with Gasteiger partial charge in [-0.15, -0.1) is 11.3 Å². The third-order valence-corrected chi connectivity index (χ3v) is 12.2. The maximum Gasteiger partial charge on any atom is 0.164 e. The Balaban J connectivity index is 0.949. The molecule has 0 saturated heterocycles. The van der Waals surface area contributed by atoms with Crippen molar-refractivity contribution < 1.29 is 4.42 Å². The molecule has 4 heterocycles. The van der Waals surface area contributed by atoms with Gasteiger partial charge in [0.15, 0.2) is 17.5 Å². The van der Waals surface area contributed by atoms with Gasteiger partial charge in [-0.3, -0.25) is 0 Å². The van der Waals surface area contributed by atoms with Crippen molar-refractivity contribution in [3.63, 3.8) is 0 Å². The van der Waals surface area contributed by atoms with Gasteiger partial charge in [-0.25, -0.2) is 15.0 Å². The summed E-state index contributed by atoms with van der Waals surface area (Å²) in [5.41, 5.74) is 10.4. The molecule has 0 spiro atoms. The van der Waals surface area contributed by atoms with Gasteiger partial charge in [0, 0.05) is 53.0 Å². The van der Waals surface area contributed by atoms with Crippen molar-refractivity contribution in [2.75, 3.05) is 0 Å². The molecule has 0 unspecified atom stereocenters. The van der Waals surface area contributed by atoms with Crippen molar-refractivity contribution in [3.8, 4) is 51.0 Å². The van der Waals surface area contributed by atoms with Crippen LogP contribution in [0.4, 0.5) is 0 Å². The number of furan rings is 1. The van der Waals surface area contributed by atoms with Crippen molar-refractivity contribution in [2.45, 2.75) is 0 Å². The molecule has 4 aromatic heterocycles. The molecule has 5 nitrogen and oxygen atoms in total. The summed E-state index contributed by atoms with van der Waals surface area (Å²) in [4.78, 5) is 14.8. The molecule has 8 aromatic carbocycles.